The molecule has 3 aromatic rings. The van der Waals surface area contributed by atoms with E-state index < -0.39 is 11.8 Å². The zero-order valence-electron chi connectivity index (χ0n) is 14.5. The zero-order chi connectivity index (χ0) is 19.1. The van der Waals surface area contributed by atoms with Crippen LogP contribution in [0.15, 0.2) is 60.7 Å². The van der Waals surface area contributed by atoms with Crippen LogP contribution in [-0.4, -0.2) is 29.0 Å². The van der Waals surface area contributed by atoms with Crippen LogP contribution in [0.5, 0.6) is 0 Å². The van der Waals surface area contributed by atoms with Crippen LogP contribution in [0.4, 0.5) is 11.4 Å². The summed E-state index contributed by atoms with van der Waals surface area (Å²) in [6.45, 7) is 0. The second-order valence-corrected chi connectivity index (χ2v) is 6.46. The predicted molar refractivity (Wildman–Crippen MR) is 110 cm³/mol. The van der Waals surface area contributed by atoms with Gasteiger partial charge in [0.2, 0.25) is 0 Å². The molecule has 0 radical (unpaired) electrons. The van der Waals surface area contributed by atoms with Gasteiger partial charge in [-0.3, -0.25) is 9.59 Å². The van der Waals surface area contributed by atoms with Gasteiger partial charge in [-0.2, -0.15) is 5.01 Å². The average molecular weight is 376 g/mol. The molecule has 7 heteroatoms. The molecule has 6 nitrogen and oxygen atoms in total. The number of hydrazine groups is 1. The summed E-state index contributed by atoms with van der Waals surface area (Å²) in [6, 6.07) is 17.8. The number of nitrogens with zero attached hydrogens (tertiary/aromatic N) is 2. The van der Waals surface area contributed by atoms with Gasteiger partial charge in [0.1, 0.15) is 0 Å². The first-order valence-electron chi connectivity index (χ1n) is 8.31. The van der Waals surface area contributed by atoms with Crippen molar-refractivity contribution in [3.63, 3.8) is 0 Å². The van der Waals surface area contributed by atoms with Gasteiger partial charge in [-0.25, -0.2) is 5.01 Å². The van der Waals surface area contributed by atoms with Crippen molar-refractivity contribution in [2.24, 2.45) is 5.73 Å². The van der Waals surface area contributed by atoms with Crippen molar-refractivity contribution in [3.8, 4) is 0 Å². The maximum atomic E-state index is 13.3. The summed E-state index contributed by atoms with van der Waals surface area (Å²) in [5.74, 6) is -0.939. The molecule has 0 saturated carbocycles. The van der Waals surface area contributed by atoms with Crippen LogP contribution < -0.4 is 16.1 Å². The second-order valence-electron chi connectivity index (χ2n) is 6.05. The first kappa shape index (κ1) is 17.0. The number of carbonyl (C=O) groups excluding carboxylic acids is 2. The first-order valence-corrected chi connectivity index (χ1v) is 8.72. The Morgan fingerprint density at radius 1 is 0.963 bits per heavy atom. The van der Waals surface area contributed by atoms with Crippen LogP contribution in [0.3, 0.4) is 0 Å². The SMILES string of the molecule is CNc1ccc2c3c(cccc13)C(=O)N(N(C(N)=S)c1ccccc1)C2=O. The third-order valence-electron chi connectivity index (χ3n) is 4.57. The Bertz CT molecular complexity index is 1080. The van der Waals surface area contributed by atoms with Crippen LogP contribution in [0.2, 0.25) is 0 Å². The van der Waals surface area contributed by atoms with Gasteiger partial charge in [0, 0.05) is 23.5 Å². The van der Waals surface area contributed by atoms with Crippen molar-refractivity contribution in [1.29, 1.82) is 0 Å². The molecule has 2 amide bonds. The number of para-hydroxylation sites is 1. The quantitative estimate of drug-likeness (QED) is 0.540. The lowest BCUT2D eigenvalue weighted by atomic mass is 9.93. The molecule has 3 aromatic carbocycles. The molecule has 0 aliphatic carbocycles. The van der Waals surface area contributed by atoms with Crippen LogP contribution >= 0.6 is 12.2 Å². The van der Waals surface area contributed by atoms with Crippen molar-refractivity contribution in [3.05, 3.63) is 71.8 Å². The number of nitrogens with two attached hydrogens (primary N) is 1. The standard InChI is InChI=1S/C20H16N4O2S/c1-22-16-11-10-15-17-13(16)8-5-9-14(17)18(25)24(19(15)26)23(20(21)27)12-6-3-2-4-7-12/h2-11,22H,1H3,(H2,21,27). The Balaban J connectivity index is 1.95. The normalized spacial score (nSPS) is 13.0. The second kappa shape index (κ2) is 6.37. The van der Waals surface area contributed by atoms with Gasteiger partial charge in [-0.05, 0) is 42.5 Å². The van der Waals surface area contributed by atoms with Gasteiger partial charge in [0.25, 0.3) is 11.8 Å². The first-order chi connectivity index (χ1) is 13.0. The molecule has 0 atom stereocenters. The summed E-state index contributed by atoms with van der Waals surface area (Å²) in [7, 11) is 1.80. The lowest BCUT2D eigenvalue weighted by molar-refractivity contribution is 0.0616. The molecule has 0 aromatic heterocycles. The summed E-state index contributed by atoms with van der Waals surface area (Å²) in [5.41, 5.74) is 8.13. The summed E-state index contributed by atoms with van der Waals surface area (Å²) < 4.78 is 0. The van der Waals surface area contributed by atoms with Crippen LogP contribution in [0, 0.1) is 0 Å². The number of hydrogen-bond acceptors (Lipinski definition) is 4. The number of anilines is 2. The number of benzene rings is 3. The van der Waals surface area contributed by atoms with E-state index in [1.807, 2.05) is 18.2 Å². The Labute approximate surface area is 161 Å². The minimum atomic E-state index is -0.469. The smallest absolute Gasteiger partial charge is 0.280 e. The largest absolute Gasteiger partial charge is 0.388 e. The highest BCUT2D eigenvalue weighted by molar-refractivity contribution is 7.80. The monoisotopic (exact) mass is 376 g/mol. The van der Waals surface area contributed by atoms with Gasteiger partial charge in [-0.1, -0.05) is 30.3 Å². The molecular weight excluding hydrogens is 360 g/mol. The molecule has 1 aliphatic heterocycles. The molecule has 27 heavy (non-hydrogen) atoms. The lowest BCUT2D eigenvalue weighted by Crippen LogP contribution is -2.56. The number of imide groups is 1. The molecule has 0 fully saturated rings. The third-order valence-corrected chi connectivity index (χ3v) is 4.74. The maximum Gasteiger partial charge on any atom is 0.280 e. The van der Waals surface area contributed by atoms with E-state index in [9.17, 15) is 9.59 Å². The number of amides is 2. The summed E-state index contributed by atoms with van der Waals surface area (Å²) >= 11 is 5.15. The average Bonchev–Trinajstić information content (AvgIpc) is 2.69. The molecule has 0 saturated heterocycles. The fourth-order valence-electron chi connectivity index (χ4n) is 3.39. The van der Waals surface area contributed by atoms with Crippen molar-refractivity contribution < 1.29 is 9.59 Å². The maximum absolute atomic E-state index is 13.3. The molecule has 134 valence electrons. The predicted octanol–water partition coefficient (Wildman–Crippen LogP) is 3.14. The summed E-state index contributed by atoms with van der Waals surface area (Å²) in [4.78, 5) is 26.5. The Kier molecular flexibility index (Phi) is 4.01. The van der Waals surface area contributed by atoms with E-state index in [4.69, 9.17) is 18.0 Å². The van der Waals surface area contributed by atoms with Crippen molar-refractivity contribution >= 4 is 51.3 Å². The van der Waals surface area contributed by atoms with E-state index in [0.29, 0.717) is 22.2 Å². The Morgan fingerprint density at radius 3 is 2.26 bits per heavy atom. The van der Waals surface area contributed by atoms with E-state index in [2.05, 4.69) is 5.32 Å². The van der Waals surface area contributed by atoms with Gasteiger partial charge < -0.3 is 11.1 Å². The van der Waals surface area contributed by atoms with Crippen LogP contribution in [-0.2, 0) is 0 Å². The van der Waals surface area contributed by atoms with Gasteiger partial charge in [-0.15, -0.1) is 0 Å². The zero-order valence-corrected chi connectivity index (χ0v) is 15.3. The molecule has 3 N–H and O–H groups in total. The van der Waals surface area contributed by atoms with E-state index in [-0.39, 0.29) is 5.11 Å². The number of thiocarbonyl (C=S) groups is 1. The molecule has 1 aliphatic rings. The van der Waals surface area contributed by atoms with Crippen molar-refractivity contribution in [2.75, 3.05) is 17.4 Å². The molecular formula is C20H16N4O2S. The van der Waals surface area contributed by atoms with Crippen LogP contribution in [0.1, 0.15) is 20.7 Å². The fraction of sp³-hybridized carbons (Fsp3) is 0.0500. The van der Waals surface area contributed by atoms with E-state index >= 15 is 0 Å². The van der Waals surface area contributed by atoms with Crippen LogP contribution in [0.25, 0.3) is 10.8 Å². The molecule has 4 rings (SSSR count). The van der Waals surface area contributed by atoms with Gasteiger partial charge >= 0.3 is 0 Å². The van der Waals surface area contributed by atoms with Gasteiger partial charge in [0.05, 0.1) is 16.8 Å². The number of rotatable bonds is 3. The van der Waals surface area contributed by atoms with Gasteiger partial charge in [0.15, 0.2) is 5.11 Å². The minimum Gasteiger partial charge on any atom is -0.388 e. The summed E-state index contributed by atoms with van der Waals surface area (Å²) in [5, 5.41) is 6.73. The topological polar surface area (TPSA) is 78.7 Å². The number of nitrogens with one attached hydrogen (secondary N) is 1. The third kappa shape index (κ3) is 2.51. The highest BCUT2D eigenvalue weighted by Crippen LogP contribution is 2.35. The van der Waals surface area contributed by atoms with E-state index in [0.717, 1.165) is 16.1 Å². The lowest BCUT2D eigenvalue weighted by Gasteiger charge is -2.36. The highest BCUT2D eigenvalue weighted by Gasteiger charge is 2.38. The van der Waals surface area contributed by atoms with Crippen molar-refractivity contribution in [2.45, 2.75) is 0 Å². The molecule has 1 heterocycles. The molecule has 0 bridgehead atoms. The number of hydrogen-bond donors (Lipinski definition) is 2. The molecule has 0 spiro atoms. The minimum absolute atomic E-state index is 0.0922. The number of carbonyl (C=O) groups is 2. The van der Waals surface area contributed by atoms with E-state index in [1.165, 1.54) is 5.01 Å². The highest BCUT2D eigenvalue weighted by atomic mass is 32.1. The summed E-state index contributed by atoms with van der Waals surface area (Å²) in [6.07, 6.45) is 0. The molecule has 0 unspecified atom stereocenters. The van der Waals surface area contributed by atoms with E-state index in [1.54, 1.807) is 49.5 Å². The Morgan fingerprint density at radius 2 is 1.63 bits per heavy atom. The van der Waals surface area contributed by atoms with Crippen molar-refractivity contribution in [1.82, 2.24) is 5.01 Å². The fourth-order valence-corrected chi connectivity index (χ4v) is 3.58. The Hall–Kier alpha value is -3.45.